The molecule has 0 bridgehead atoms. The first kappa shape index (κ1) is 24.2. The van der Waals surface area contributed by atoms with E-state index >= 15 is 0 Å². The van der Waals surface area contributed by atoms with E-state index in [4.69, 9.17) is 32.7 Å². The van der Waals surface area contributed by atoms with Crippen molar-refractivity contribution in [3.63, 3.8) is 0 Å². The quantitative estimate of drug-likeness (QED) is 0.207. The molecule has 7 nitrogen and oxygen atoms in total. The molecule has 10 heteroatoms. The lowest BCUT2D eigenvalue weighted by atomic mass is 10.2. The summed E-state index contributed by atoms with van der Waals surface area (Å²) >= 11 is 13.9. The second-order valence-corrected chi connectivity index (χ2v) is 8.32. The predicted octanol–water partition coefficient (Wildman–Crippen LogP) is 4.87. The second kappa shape index (κ2) is 11.4. The molecule has 0 aromatic heterocycles. The zero-order chi connectivity index (χ0) is 22.3. The summed E-state index contributed by atoms with van der Waals surface area (Å²) in [5, 5.41) is 7.13. The number of benzene rings is 2. The average Bonchev–Trinajstić information content (AvgIpc) is 2.66. The first-order valence-electron chi connectivity index (χ1n) is 8.80. The summed E-state index contributed by atoms with van der Waals surface area (Å²) in [5.41, 5.74) is 3.46. The van der Waals surface area contributed by atoms with Gasteiger partial charge in [0.25, 0.3) is 0 Å². The number of carbonyl (C=O) groups is 2. The van der Waals surface area contributed by atoms with Crippen LogP contribution in [0.15, 0.2) is 35.4 Å². The summed E-state index contributed by atoms with van der Waals surface area (Å²) in [7, 11) is 1.55. The molecule has 30 heavy (non-hydrogen) atoms. The first-order valence-corrected chi connectivity index (χ1v) is 10.6. The fraction of sp³-hybridized carbons (Fsp3) is 0.250. The lowest BCUT2D eigenvalue weighted by Crippen LogP contribution is -2.24. The van der Waals surface area contributed by atoms with Crippen molar-refractivity contribution in [3.8, 4) is 11.5 Å². The molecule has 2 rings (SSSR count). The molecular formula is C20H20Cl2IN3O4. The number of hydrogen-bond acceptors (Lipinski definition) is 5. The van der Waals surface area contributed by atoms with Crippen LogP contribution in [0.1, 0.15) is 25.8 Å². The number of ether oxygens (including phenoxy) is 2. The zero-order valence-electron chi connectivity index (χ0n) is 16.5. The Morgan fingerprint density at radius 1 is 1.17 bits per heavy atom. The van der Waals surface area contributed by atoms with Gasteiger partial charge in [-0.05, 0) is 72.3 Å². The number of nitrogens with one attached hydrogen (secondary N) is 2. The van der Waals surface area contributed by atoms with Gasteiger partial charge in [0, 0.05) is 5.69 Å². The van der Waals surface area contributed by atoms with Gasteiger partial charge in [-0.15, -0.1) is 0 Å². The number of rotatable bonds is 8. The lowest BCUT2D eigenvalue weighted by molar-refractivity contribution is -0.126. The Morgan fingerprint density at radius 2 is 1.90 bits per heavy atom. The molecule has 2 aromatic rings. The van der Waals surface area contributed by atoms with E-state index in [1.54, 1.807) is 25.3 Å². The highest BCUT2D eigenvalue weighted by molar-refractivity contribution is 14.1. The van der Waals surface area contributed by atoms with Gasteiger partial charge in [0.2, 0.25) is 11.8 Å². The van der Waals surface area contributed by atoms with E-state index in [2.05, 4.69) is 38.4 Å². The first-order chi connectivity index (χ1) is 14.2. The highest BCUT2D eigenvalue weighted by Crippen LogP contribution is 2.34. The van der Waals surface area contributed by atoms with Gasteiger partial charge < -0.3 is 14.8 Å². The van der Waals surface area contributed by atoms with E-state index in [1.165, 1.54) is 12.3 Å². The largest absolute Gasteiger partial charge is 0.493 e. The minimum absolute atomic E-state index is 0.00117. The van der Waals surface area contributed by atoms with Crippen LogP contribution in [0.3, 0.4) is 0 Å². The Kier molecular flexibility index (Phi) is 9.19. The monoisotopic (exact) mass is 563 g/mol. The highest BCUT2D eigenvalue weighted by atomic mass is 127. The van der Waals surface area contributed by atoms with Crippen LogP contribution in [-0.2, 0) is 9.59 Å². The van der Waals surface area contributed by atoms with Gasteiger partial charge in [-0.3, -0.25) is 9.59 Å². The number of hydrogen-bond donors (Lipinski definition) is 2. The van der Waals surface area contributed by atoms with Crippen LogP contribution in [0.25, 0.3) is 0 Å². The number of halogens is 3. The number of amides is 2. The minimum atomic E-state index is -0.565. The van der Waals surface area contributed by atoms with Crippen molar-refractivity contribution >= 4 is 69.5 Å². The maximum Gasteiger partial charge on any atom is 0.249 e. The molecule has 0 heterocycles. The molecule has 0 fully saturated rings. The summed E-state index contributed by atoms with van der Waals surface area (Å²) < 4.78 is 12.0. The van der Waals surface area contributed by atoms with Crippen molar-refractivity contribution in [3.05, 3.63) is 49.5 Å². The molecule has 0 atom stereocenters. The number of anilines is 1. The van der Waals surface area contributed by atoms with E-state index < -0.39 is 18.2 Å². The molecule has 0 saturated heterocycles. The molecule has 0 aliphatic heterocycles. The van der Waals surface area contributed by atoms with E-state index in [1.807, 2.05) is 19.9 Å². The van der Waals surface area contributed by atoms with Crippen molar-refractivity contribution < 1.29 is 19.1 Å². The summed E-state index contributed by atoms with van der Waals surface area (Å²) in [6.07, 6.45) is 1.05. The standard InChI is InChI=1S/C20H20Cl2IN3O4/c1-11(2)30-20-16(23)6-12(7-17(20)29-3)10-24-26-19(28)9-18(27)25-13-4-5-14(21)15(22)8-13/h4-8,10-11H,9H2,1-3H3,(H,25,27)(H,26,28). The van der Waals surface area contributed by atoms with Gasteiger partial charge in [-0.25, -0.2) is 5.43 Å². The molecule has 0 aliphatic carbocycles. The third-order valence-electron chi connectivity index (χ3n) is 3.53. The Morgan fingerprint density at radius 3 is 2.53 bits per heavy atom. The number of nitrogens with zero attached hydrogens (tertiary/aromatic N) is 1. The van der Waals surface area contributed by atoms with E-state index in [9.17, 15) is 9.59 Å². The molecule has 0 radical (unpaired) electrons. The average molecular weight is 564 g/mol. The van der Waals surface area contributed by atoms with Crippen LogP contribution >= 0.6 is 45.8 Å². The van der Waals surface area contributed by atoms with E-state index in [0.717, 1.165) is 3.57 Å². The van der Waals surface area contributed by atoms with Crippen molar-refractivity contribution in [2.75, 3.05) is 12.4 Å². The van der Waals surface area contributed by atoms with Crippen molar-refractivity contribution in [2.24, 2.45) is 5.10 Å². The molecule has 2 amide bonds. The zero-order valence-corrected chi connectivity index (χ0v) is 20.1. The molecule has 0 spiro atoms. The molecule has 160 valence electrons. The van der Waals surface area contributed by atoms with Crippen LogP contribution in [0, 0.1) is 3.57 Å². The number of hydrazone groups is 1. The Balaban J connectivity index is 1.94. The number of carbonyl (C=O) groups excluding carboxylic acids is 2. The minimum Gasteiger partial charge on any atom is -0.493 e. The van der Waals surface area contributed by atoms with Gasteiger partial charge in [0.05, 0.1) is 33.0 Å². The summed E-state index contributed by atoms with van der Waals surface area (Å²) in [6.45, 7) is 3.86. The van der Waals surface area contributed by atoms with Gasteiger partial charge in [0.15, 0.2) is 11.5 Å². The third-order valence-corrected chi connectivity index (χ3v) is 5.07. The van der Waals surface area contributed by atoms with E-state index in [0.29, 0.717) is 32.8 Å². The Bertz CT molecular complexity index is 967. The van der Waals surface area contributed by atoms with Crippen molar-refractivity contribution in [2.45, 2.75) is 26.4 Å². The Labute approximate surface area is 198 Å². The molecule has 0 saturated carbocycles. The number of methoxy groups -OCH3 is 1. The van der Waals surface area contributed by atoms with Crippen LogP contribution in [-0.4, -0.2) is 31.2 Å². The fourth-order valence-electron chi connectivity index (χ4n) is 2.31. The third kappa shape index (κ3) is 7.33. The van der Waals surface area contributed by atoms with Crippen LogP contribution in [0.2, 0.25) is 10.0 Å². The lowest BCUT2D eigenvalue weighted by Gasteiger charge is -2.15. The Hall–Kier alpha value is -2.04. The summed E-state index contributed by atoms with van der Waals surface area (Å²) in [4.78, 5) is 23.9. The van der Waals surface area contributed by atoms with Crippen LogP contribution < -0.4 is 20.2 Å². The molecule has 0 aliphatic rings. The van der Waals surface area contributed by atoms with E-state index in [-0.39, 0.29) is 6.10 Å². The smallest absolute Gasteiger partial charge is 0.249 e. The maximum atomic E-state index is 12.0. The van der Waals surface area contributed by atoms with Gasteiger partial charge in [0.1, 0.15) is 6.42 Å². The normalized spacial score (nSPS) is 10.9. The van der Waals surface area contributed by atoms with Crippen molar-refractivity contribution in [1.29, 1.82) is 0 Å². The fourth-order valence-corrected chi connectivity index (χ4v) is 3.36. The topological polar surface area (TPSA) is 89.0 Å². The maximum absolute atomic E-state index is 12.0. The molecular weight excluding hydrogens is 544 g/mol. The molecule has 0 unspecified atom stereocenters. The summed E-state index contributed by atoms with van der Waals surface area (Å²) in [5.74, 6) is 0.135. The van der Waals surface area contributed by atoms with Crippen LogP contribution in [0.4, 0.5) is 5.69 Å². The van der Waals surface area contributed by atoms with Gasteiger partial charge >= 0.3 is 0 Å². The van der Waals surface area contributed by atoms with Crippen molar-refractivity contribution in [1.82, 2.24) is 5.43 Å². The summed E-state index contributed by atoms with van der Waals surface area (Å²) in [6, 6.07) is 8.22. The highest BCUT2D eigenvalue weighted by Gasteiger charge is 2.13. The predicted molar refractivity (Wildman–Crippen MR) is 127 cm³/mol. The van der Waals surface area contributed by atoms with Gasteiger partial charge in [-0.2, -0.15) is 5.10 Å². The second-order valence-electron chi connectivity index (χ2n) is 6.35. The molecule has 2 N–H and O–H groups in total. The molecule has 2 aromatic carbocycles. The van der Waals surface area contributed by atoms with Crippen LogP contribution in [0.5, 0.6) is 11.5 Å². The van der Waals surface area contributed by atoms with Gasteiger partial charge in [-0.1, -0.05) is 23.2 Å². The SMILES string of the molecule is COc1cc(C=NNC(=O)CC(=O)Nc2ccc(Cl)c(Cl)c2)cc(I)c1OC(C)C.